The molecule has 0 unspecified atom stereocenters. The number of fused-ring (bicyclic) bond motifs is 2. The molecule has 0 spiro atoms. The largest absolute Gasteiger partial charge is 0.493 e. The Morgan fingerprint density at radius 2 is 1.52 bits per heavy atom. The summed E-state index contributed by atoms with van der Waals surface area (Å²) in [6.45, 7) is 1.09. The first-order valence-electron chi connectivity index (χ1n) is 7.83. The maximum Gasteiger partial charge on any atom is 0.203 e. The van der Waals surface area contributed by atoms with Gasteiger partial charge in [0.2, 0.25) is 5.75 Å². The number of H-pyrrole nitrogens is 1. The predicted molar refractivity (Wildman–Crippen MR) is 92.2 cm³/mol. The SMILES string of the molecule is COc1cc(-c2nc3cc4c(cc3[nH]2)OCCO4)cc(OC)c1OC. The maximum absolute atomic E-state index is 5.62. The first-order valence-corrected chi connectivity index (χ1v) is 7.83. The Morgan fingerprint density at radius 1 is 0.880 bits per heavy atom. The van der Waals surface area contributed by atoms with Crippen molar-refractivity contribution in [3.05, 3.63) is 24.3 Å². The number of imidazole rings is 1. The fourth-order valence-corrected chi connectivity index (χ4v) is 2.90. The van der Waals surface area contributed by atoms with Gasteiger partial charge in [0, 0.05) is 17.7 Å². The Kier molecular flexibility index (Phi) is 3.76. The fraction of sp³-hybridized carbons (Fsp3) is 0.278. The van der Waals surface area contributed by atoms with Crippen LogP contribution in [-0.4, -0.2) is 44.5 Å². The average Bonchev–Trinajstić information content (AvgIpc) is 3.07. The monoisotopic (exact) mass is 342 g/mol. The molecule has 0 bridgehead atoms. The summed E-state index contributed by atoms with van der Waals surface area (Å²) in [4.78, 5) is 7.96. The molecule has 2 heterocycles. The molecular formula is C18H18N2O5. The number of aromatic amines is 1. The average molecular weight is 342 g/mol. The van der Waals surface area contributed by atoms with Crippen molar-refractivity contribution in [2.75, 3.05) is 34.5 Å². The van der Waals surface area contributed by atoms with Crippen LogP contribution in [0.3, 0.4) is 0 Å². The van der Waals surface area contributed by atoms with Gasteiger partial charge in [-0.3, -0.25) is 0 Å². The lowest BCUT2D eigenvalue weighted by Crippen LogP contribution is -2.15. The molecule has 0 atom stereocenters. The Labute approximate surface area is 144 Å². The maximum atomic E-state index is 5.62. The van der Waals surface area contributed by atoms with Gasteiger partial charge in [0.15, 0.2) is 23.0 Å². The van der Waals surface area contributed by atoms with E-state index in [-0.39, 0.29) is 0 Å². The van der Waals surface area contributed by atoms with Crippen molar-refractivity contribution in [3.63, 3.8) is 0 Å². The second-order valence-electron chi connectivity index (χ2n) is 5.51. The van der Waals surface area contributed by atoms with Crippen molar-refractivity contribution in [2.24, 2.45) is 0 Å². The predicted octanol–water partition coefficient (Wildman–Crippen LogP) is 3.03. The lowest BCUT2D eigenvalue weighted by Gasteiger charge is -2.17. The van der Waals surface area contributed by atoms with E-state index in [0.29, 0.717) is 42.0 Å². The molecule has 3 aromatic rings. The van der Waals surface area contributed by atoms with Gasteiger partial charge in [0.1, 0.15) is 19.0 Å². The molecular weight excluding hydrogens is 324 g/mol. The van der Waals surface area contributed by atoms with Crippen molar-refractivity contribution in [1.29, 1.82) is 0 Å². The second-order valence-corrected chi connectivity index (χ2v) is 5.51. The number of hydrogen-bond acceptors (Lipinski definition) is 6. The second kappa shape index (κ2) is 6.08. The van der Waals surface area contributed by atoms with Crippen LogP contribution in [0.4, 0.5) is 0 Å². The summed E-state index contributed by atoms with van der Waals surface area (Å²) in [5.74, 6) is 3.81. The van der Waals surface area contributed by atoms with E-state index in [9.17, 15) is 0 Å². The van der Waals surface area contributed by atoms with E-state index in [2.05, 4.69) is 9.97 Å². The summed E-state index contributed by atoms with van der Waals surface area (Å²) in [6, 6.07) is 7.48. The van der Waals surface area contributed by atoms with Gasteiger partial charge in [-0.2, -0.15) is 0 Å². The number of nitrogens with zero attached hydrogens (tertiary/aromatic N) is 1. The van der Waals surface area contributed by atoms with Crippen molar-refractivity contribution in [2.45, 2.75) is 0 Å². The molecule has 4 rings (SSSR count). The molecule has 1 aromatic heterocycles. The number of ether oxygens (including phenoxy) is 5. The standard InChI is InChI=1S/C18H18N2O5/c1-21-15-6-10(7-16(22-2)17(15)23-3)18-19-11-8-13-14(9-12(11)20-18)25-5-4-24-13/h6-9H,4-5H2,1-3H3,(H,19,20). The van der Waals surface area contributed by atoms with E-state index in [1.54, 1.807) is 21.3 Å². The van der Waals surface area contributed by atoms with Gasteiger partial charge >= 0.3 is 0 Å². The van der Waals surface area contributed by atoms with Crippen LogP contribution in [0.2, 0.25) is 0 Å². The van der Waals surface area contributed by atoms with Crippen LogP contribution in [0, 0.1) is 0 Å². The summed E-state index contributed by atoms with van der Waals surface area (Å²) in [5.41, 5.74) is 2.49. The number of rotatable bonds is 4. The van der Waals surface area contributed by atoms with Gasteiger partial charge in [-0.1, -0.05) is 0 Å². The molecule has 1 aliphatic rings. The Morgan fingerprint density at radius 3 is 2.12 bits per heavy atom. The summed E-state index contributed by atoms with van der Waals surface area (Å²) in [6.07, 6.45) is 0. The number of benzene rings is 2. The summed E-state index contributed by atoms with van der Waals surface area (Å²) in [7, 11) is 4.75. The Hall–Kier alpha value is -3.09. The summed E-state index contributed by atoms with van der Waals surface area (Å²) < 4.78 is 27.4. The summed E-state index contributed by atoms with van der Waals surface area (Å²) >= 11 is 0. The smallest absolute Gasteiger partial charge is 0.203 e. The van der Waals surface area contributed by atoms with Crippen molar-refractivity contribution in [3.8, 4) is 40.1 Å². The van der Waals surface area contributed by atoms with Gasteiger partial charge in [0.25, 0.3) is 0 Å². The van der Waals surface area contributed by atoms with Crippen LogP contribution in [0.1, 0.15) is 0 Å². The highest BCUT2D eigenvalue weighted by Gasteiger charge is 2.18. The van der Waals surface area contributed by atoms with E-state index in [1.807, 2.05) is 24.3 Å². The lowest BCUT2D eigenvalue weighted by molar-refractivity contribution is 0.172. The number of hydrogen-bond donors (Lipinski definition) is 1. The first-order chi connectivity index (χ1) is 12.2. The zero-order valence-corrected chi connectivity index (χ0v) is 14.2. The zero-order chi connectivity index (χ0) is 17.4. The van der Waals surface area contributed by atoms with Crippen LogP contribution in [0.15, 0.2) is 24.3 Å². The van der Waals surface area contributed by atoms with Gasteiger partial charge < -0.3 is 28.7 Å². The van der Waals surface area contributed by atoms with Crippen molar-refractivity contribution >= 4 is 11.0 Å². The van der Waals surface area contributed by atoms with Crippen molar-refractivity contribution < 1.29 is 23.7 Å². The van der Waals surface area contributed by atoms with Crippen LogP contribution < -0.4 is 23.7 Å². The molecule has 0 amide bonds. The van der Waals surface area contributed by atoms with Crippen LogP contribution in [0.25, 0.3) is 22.4 Å². The number of nitrogens with one attached hydrogen (secondary N) is 1. The molecule has 1 N–H and O–H groups in total. The Bertz CT molecular complexity index is 867. The molecule has 1 aliphatic heterocycles. The molecule has 25 heavy (non-hydrogen) atoms. The fourth-order valence-electron chi connectivity index (χ4n) is 2.90. The number of methoxy groups -OCH3 is 3. The molecule has 130 valence electrons. The lowest BCUT2D eigenvalue weighted by atomic mass is 10.1. The number of aromatic nitrogens is 2. The highest BCUT2D eigenvalue weighted by Crippen LogP contribution is 2.41. The molecule has 0 saturated carbocycles. The first kappa shape index (κ1) is 15.4. The third-order valence-corrected chi connectivity index (χ3v) is 4.08. The summed E-state index contributed by atoms with van der Waals surface area (Å²) in [5, 5.41) is 0. The third kappa shape index (κ3) is 2.57. The van der Waals surface area contributed by atoms with E-state index >= 15 is 0 Å². The minimum atomic E-state index is 0.544. The highest BCUT2D eigenvalue weighted by molar-refractivity contribution is 5.83. The normalized spacial score (nSPS) is 12.9. The minimum absolute atomic E-state index is 0.544. The van der Waals surface area contributed by atoms with Gasteiger partial charge in [-0.25, -0.2) is 4.98 Å². The van der Waals surface area contributed by atoms with E-state index in [0.717, 1.165) is 22.3 Å². The van der Waals surface area contributed by atoms with Gasteiger partial charge in [-0.05, 0) is 12.1 Å². The van der Waals surface area contributed by atoms with E-state index in [1.165, 1.54) is 0 Å². The topological polar surface area (TPSA) is 74.8 Å². The Balaban J connectivity index is 1.84. The van der Waals surface area contributed by atoms with E-state index in [4.69, 9.17) is 23.7 Å². The van der Waals surface area contributed by atoms with E-state index < -0.39 is 0 Å². The molecule has 2 aromatic carbocycles. The third-order valence-electron chi connectivity index (χ3n) is 4.08. The van der Waals surface area contributed by atoms with Crippen LogP contribution in [0.5, 0.6) is 28.7 Å². The molecule has 7 heteroatoms. The molecule has 0 saturated heterocycles. The van der Waals surface area contributed by atoms with Crippen molar-refractivity contribution in [1.82, 2.24) is 9.97 Å². The minimum Gasteiger partial charge on any atom is -0.493 e. The highest BCUT2D eigenvalue weighted by atomic mass is 16.6. The van der Waals surface area contributed by atoms with Crippen LogP contribution >= 0.6 is 0 Å². The molecule has 0 aliphatic carbocycles. The quantitative estimate of drug-likeness (QED) is 0.785. The molecule has 0 fully saturated rings. The zero-order valence-electron chi connectivity index (χ0n) is 14.2. The van der Waals surface area contributed by atoms with Gasteiger partial charge in [0.05, 0.1) is 32.4 Å². The molecule has 0 radical (unpaired) electrons. The van der Waals surface area contributed by atoms with Crippen LogP contribution in [-0.2, 0) is 0 Å². The molecule has 7 nitrogen and oxygen atoms in total. The van der Waals surface area contributed by atoms with Gasteiger partial charge in [-0.15, -0.1) is 0 Å².